The summed E-state index contributed by atoms with van der Waals surface area (Å²) < 4.78 is 5.75. The lowest BCUT2D eigenvalue weighted by Crippen LogP contribution is -2.39. The van der Waals surface area contributed by atoms with Crippen molar-refractivity contribution in [3.8, 4) is 5.75 Å². The molecule has 6 heteroatoms. The maximum atomic E-state index is 12.7. The number of amides is 1. The SMILES string of the molecule is CC(NC(=O)C1CNc2ccsc2C1)c1cc(Cl)cc2c1OCC2. The number of thiophene rings is 1. The first-order valence-corrected chi connectivity index (χ1v) is 9.43. The van der Waals surface area contributed by atoms with Crippen LogP contribution in [0.15, 0.2) is 23.6 Å². The quantitative estimate of drug-likeness (QED) is 0.873. The summed E-state index contributed by atoms with van der Waals surface area (Å²) in [6, 6.07) is 5.79. The number of hydrogen-bond acceptors (Lipinski definition) is 4. The van der Waals surface area contributed by atoms with Gasteiger partial charge in [-0.1, -0.05) is 11.6 Å². The molecule has 0 saturated heterocycles. The second-order valence-corrected chi connectivity index (χ2v) is 7.79. The van der Waals surface area contributed by atoms with Gasteiger partial charge in [0.05, 0.1) is 18.6 Å². The molecule has 0 aliphatic carbocycles. The molecule has 0 fully saturated rings. The summed E-state index contributed by atoms with van der Waals surface area (Å²) in [4.78, 5) is 13.9. The van der Waals surface area contributed by atoms with E-state index in [1.165, 1.54) is 4.88 Å². The highest BCUT2D eigenvalue weighted by Crippen LogP contribution is 2.36. The van der Waals surface area contributed by atoms with Crippen molar-refractivity contribution < 1.29 is 9.53 Å². The second kappa shape index (κ2) is 6.30. The summed E-state index contributed by atoms with van der Waals surface area (Å²) >= 11 is 7.92. The molecule has 2 aliphatic heterocycles. The zero-order valence-corrected chi connectivity index (χ0v) is 15.0. The van der Waals surface area contributed by atoms with Crippen LogP contribution in [-0.2, 0) is 17.6 Å². The van der Waals surface area contributed by atoms with Gasteiger partial charge in [0.25, 0.3) is 0 Å². The fourth-order valence-electron chi connectivity index (χ4n) is 3.40. The molecule has 0 radical (unpaired) electrons. The summed E-state index contributed by atoms with van der Waals surface area (Å²) in [6.07, 6.45) is 1.67. The van der Waals surface area contributed by atoms with Gasteiger partial charge in [0, 0.05) is 34.1 Å². The minimum Gasteiger partial charge on any atom is -0.493 e. The first-order chi connectivity index (χ1) is 11.6. The number of ether oxygens (including phenoxy) is 1. The molecule has 0 bridgehead atoms. The molecule has 0 spiro atoms. The lowest BCUT2D eigenvalue weighted by Gasteiger charge is -2.25. The number of hydrogen-bond donors (Lipinski definition) is 2. The maximum absolute atomic E-state index is 12.7. The Hall–Kier alpha value is -1.72. The number of carbonyl (C=O) groups is 1. The Bertz CT molecular complexity index is 789. The molecule has 4 nitrogen and oxygen atoms in total. The first-order valence-electron chi connectivity index (χ1n) is 8.17. The monoisotopic (exact) mass is 362 g/mol. The molecule has 1 aromatic carbocycles. The van der Waals surface area contributed by atoms with E-state index in [1.807, 2.05) is 19.1 Å². The maximum Gasteiger partial charge on any atom is 0.225 e. The smallest absolute Gasteiger partial charge is 0.225 e. The third kappa shape index (κ3) is 2.87. The Balaban J connectivity index is 1.49. The molecule has 126 valence electrons. The molecular formula is C18H19ClN2O2S. The van der Waals surface area contributed by atoms with Crippen molar-refractivity contribution in [1.82, 2.24) is 5.32 Å². The molecular weight excluding hydrogens is 344 g/mol. The fourth-order valence-corrected chi connectivity index (χ4v) is 4.58. The number of anilines is 1. The molecule has 3 heterocycles. The number of carbonyl (C=O) groups excluding carboxylic acids is 1. The predicted molar refractivity (Wildman–Crippen MR) is 97.2 cm³/mol. The van der Waals surface area contributed by atoms with E-state index in [1.54, 1.807) is 11.3 Å². The number of nitrogens with one attached hydrogen (secondary N) is 2. The van der Waals surface area contributed by atoms with E-state index in [0.717, 1.165) is 35.4 Å². The van der Waals surface area contributed by atoms with E-state index in [0.29, 0.717) is 18.2 Å². The number of rotatable bonds is 3. The van der Waals surface area contributed by atoms with Gasteiger partial charge in [-0.25, -0.2) is 0 Å². The van der Waals surface area contributed by atoms with Gasteiger partial charge in [-0.2, -0.15) is 0 Å². The summed E-state index contributed by atoms with van der Waals surface area (Å²) in [6.45, 7) is 3.34. The van der Waals surface area contributed by atoms with Gasteiger partial charge in [-0.15, -0.1) is 11.3 Å². The highest BCUT2D eigenvalue weighted by Gasteiger charge is 2.28. The average Bonchev–Trinajstić information content (AvgIpc) is 3.21. The fraction of sp³-hybridized carbons (Fsp3) is 0.389. The van der Waals surface area contributed by atoms with Crippen LogP contribution in [0.25, 0.3) is 0 Å². The summed E-state index contributed by atoms with van der Waals surface area (Å²) in [7, 11) is 0. The minimum absolute atomic E-state index is 0.0493. The third-order valence-electron chi connectivity index (χ3n) is 4.69. The largest absolute Gasteiger partial charge is 0.493 e. The molecule has 2 N–H and O–H groups in total. The van der Waals surface area contributed by atoms with Crippen LogP contribution in [0.4, 0.5) is 5.69 Å². The van der Waals surface area contributed by atoms with Crippen molar-refractivity contribution in [1.29, 1.82) is 0 Å². The van der Waals surface area contributed by atoms with Crippen molar-refractivity contribution in [3.05, 3.63) is 44.6 Å². The molecule has 2 aliphatic rings. The van der Waals surface area contributed by atoms with Gasteiger partial charge >= 0.3 is 0 Å². The van der Waals surface area contributed by atoms with E-state index in [9.17, 15) is 4.79 Å². The molecule has 1 amide bonds. The molecule has 2 aromatic rings. The van der Waals surface area contributed by atoms with Crippen molar-refractivity contribution >= 4 is 34.5 Å². The molecule has 0 saturated carbocycles. The topological polar surface area (TPSA) is 50.4 Å². The van der Waals surface area contributed by atoms with Crippen LogP contribution in [0.2, 0.25) is 5.02 Å². The van der Waals surface area contributed by atoms with Gasteiger partial charge in [-0.05, 0) is 42.5 Å². The van der Waals surface area contributed by atoms with E-state index >= 15 is 0 Å². The number of halogens is 1. The lowest BCUT2D eigenvalue weighted by atomic mass is 9.97. The number of benzene rings is 1. The van der Waals surface area contributed by atoms with Crippen LogP contribution in [0.3, 0.4) is 0 Å². The highest BCUT2D eigenvalue weighted by atomic mass is 35.5. The third-order valence-corrected chi connectivity index (χ3v) is 5.85. The van der Waals surface area contributed by atoms with Crippen LogP contribution in [0.5, 0.6) is 5.75 Å². The van der Waals surface area contributed by atoms with Crippen LogP contribution < -0.4 is 15.4 Å². The zero-order valence-electron chi connectivity index (χ0n) is 13.4. The lowest BCUT2D eigenvalue weighted by molar-refractivity contribution is -0.125. The van der Waals surface area contributed by atoms with Crippen molar-refractivity contribution in [2.75, 3.05) is 18.5 Å². The summed E-state index contributed by atoms with van der Waals surface area (Å²) in [5.74, 6) is 0.905. The molecule has 2 unspecified atom stereocenters. The van der Waals surface area contributed by atoms with Crippen LogP contribution in [0, 0.1) is 5.92 Å². The van der Waals surface area contributed by atoms with Gasteiger partial charge in [0.2, 0.25) is 5.91 Å². The van der Waals surface area contributed by atoms with E-state index < -0.39 is 0 Å². The Morgan fingerprint density at radius 3 is 3.25 bits per heavy atom. The van der Waals surface area contributed by atoms with Crippen molar-refractivity contribution in [2.45, 2.75) is 25.8 Å². The van der Waals surface area contributed by atoms with Crippen LogP contribution >= 0.6 is 22.9 Å². The van der Waals surface area contributed by atoms with E-state index in [-0.39, 0.29) is 17.9 Å². The molecule has 1 aromatic heterocycles. The normalized spacial score (nSPS) is 19.7. The van der Waals surface area contributed by atoms with Gasteiger partial charge in [0.15, 0.2) is 0 Å². The Morgan fingerprint density at radius 1 is 1.50 bits per heavy atom. The van der Waals surface area contributed by atoms with Gasteiger partial charge < -0.3 is 15.4 Å². The summed E-state index contributed by atoms with van der Waals surface area (Å²) in [5, 5.41) is 9.23. The first kappa shape index (κ1) is 15.8. The van der Waals surface area contributed by atoms with Crippen molar-refractivity contribution in [2.24, 2.45) is 5.92 Å². The van der Waals surface area contributed by atoms with Gasteiger partial charge in [-0.3, -0.25) is 4.79 Å². The number of fused-ring (bicyclic) bond motifs is 2. The minimum atomic E-state index is -0.132. The Kier molecular flexibility index (Phi) is 4.14. The van der Waals surface area contributed by atoms with Crippen LogP contribution in [-0.4, -0.2) is 19.1 Å². The second-order valence-electron chi connectivity index (χ2n) is 6.35. The van der Waals surface area contributed by atoms with E-state index in [4.69, 9.17) is 16.3 Å². The van der Waals surface area contributed by atoms with Gasteiger partial charge in [0.1, 0.15) is 5.75 Å². The summed E-state index contributed by atoms with van der Waals surface area (Å²) in [5.41, 5.74) is 3.25. The molecule has 24 heavy (non-hydrogen) atoms. The predicted octanol–water partition coefficient (Wildman–Crippen LogP) is 3.80. The van der Waals surface area contributed by atoms with E-state index in [2.05, 4.69) is 22.1 Å². The molecule has 2 atom stereocenters. The highest BCUT2D eigenvalue weighted by molar-refractivity contribution is 7.10. The standard InChI is InChI=1S/C18H19ClN2O2S/c1-10(14-8-13(19)6-11-2-4-23-17(11)14)21-18(22)12-7-16-15(20-9-12)3-5-24-16/h3,5-6,8,10,12,20H,2,4,7,9H2,1H3,(H,21,22). The average molecular weight is 363 g/mol. The van der Waals surface area contributed by atoms with Crippen molar-refractivity contribution in [3.63, 3.8) is 0 Å². The Labute approximate surface area is 150 Å². The van der Waals surface area contributed by atoms with Crippen LogP contribution in [0.1, 0.15) is 29.0 Å². The Morgan fingerprint density at radius 2 is 2.38 bits per heavy atom. The zero-order chi connectivity index (χ0) is 16.7. The molecule has 4 rings (SSSR count).